The lowest BCUT2D eigenvalue weighted by molar-refractivity contribution is -0.116. The van der Waals surface area contributed by atoms with Gasteiger partial charge in [0.25, 0.3) is 0 Å². The summed E-state index contributed by atoms with van der Waals surface area (Å²) in [6, 6.07) is 7.93. The third kappa shape index (κ3) is 4.35. The summed E-state index contributed by atoms with van der Waals surface area (Å²) in [4.78, 5) is 23.4. The van der Waals surface area contributed by atoms with Crippen molar-refractivity contribution in [2.24, 2.45) is 0 Å². The predicted octanol–water partition coefficient (Wildman–Crippen LogP) is 3.72. The van der Waals surface area contributed by atoms with E-state index >= 15 is 0 Å². The Hall–Kier alpha value is -2.89. The number of benzene rings is 2. The first kappa shape index (κ1) is 18.4. The second kappa shape index (κ2) is 7.79. The van der Waals surface area contributed by atoms with Gasteiger partial charge >= 0.3 is 5.97 Å². The molecule has 6 heteroatoms. The quantitative estimate of drug-likeness (QED) is 0.837. The van der Waals surface area contributed by atoms with Gasteiger partial charge in [0.1, 0.15) is 0 Å². The number of anilines is 1. The van der Waals surface area contributed by atoms with E-state index in [1.807, 2.05) is 0 Å². The molecule has 25 heavy (non-hydrogen) atoms. The zero-order chi connectivity index (χ0) is 18.6. The molecule has 0 aromatic heterocycles. The fourth-order valence-corrected chi connectivity index (χ4v) is 2.59. The van der Waals surface area contributed by atoms with Gasteiger partial charge in [-0.25, -0.2) is 9.18 Å². The highest BCUT2D eigenvalue weighted by atomic mass is 19.1. The lowest BCUT2D eigenvalue weighted by Crippen LogP contribution is -2.14. The summed E-state index contributed by atoms with van der Waals surface area (Å²) in [5.41, 5.74) is 2.37. The lowest BCUT2D eigenvalue weighted by atomic mass is 10.0. The number of carboxylic acids is 1. The van der Waals surface area contributed by atoms with Crippen LogP contribution in [0.15, 0.2) is 30.3 Å². The van der Waals surface area contributed by atoms with Crippen LogP contribution in [0.1, 0.15) is 33.5 Å². The summed E-state index contributed by atoms with van der Waals surface area (Å²) in [6.45, 7) is 3.49. The Morgan fingerprint density at radius 2 is 1.92 bits per heavy atom. The normalized spacial score (nSPS) is 10.4. The van der Waals surface area contributed by atoms with Gasteiger partial charge in [0, 0.05) is 12.1 Å². The number of hydrogen-bond donors (Lipinski definition) is 2. The van der Waals surface area contributed by atoms with Gasteiger partial charge in [0.2, 0.25) is 5.91 Å². The third-order valence-electron chi connectivity index (χ3n) is 3.96. The van der Waals surface area contributed by atoms with Crippen molar-refractivity contribution in [1.82, 2.24) is 0 Å². The molecule has 0 atom stereocenters. The van der Waals surface area contributed by atoms with Crippen LogP contribution in [0.4, 0.5) is 10.1 Å². The number of carbonyl (C=O) groups is 2. The van der Waals surface area contributed by atoms with Crippen LogP contribution in [0.2, 0.25) is 0 Å². The maximum atomic E-state index is 14.1. The fourth-order valence-electron chi connectivity index (χ4n) is 2.59. The number of carboxylic acid groups (broad SMARTS) is 1. The minimum atomic E-state index is -1.05. The van der Waals surface area contributed by atoms with E-state index in [2.05, 4.69) is 5.32 Å². The van der Waals surface area contributed by atoms with Crippen LogP contribution in [0, 0.1) is 19.7 Å². The lowest BCUT2D eigenvalue weighted by Gasteiger charge is -2.12. The van der Waals surface area contributed by atoms with Crippen molar-refractivity contribution in [3.8, 4) is 5.75 Å². The molecule has 132 valence electrons. The smallest absolute Gasteiger partial charge is 0.336 e. The second-order valence-electron chi connectivity index (χ2n) is 5.77. The van der Waals surface area contributed by atoms with Crippen LogP contribution in [-0.4, -0.2) is 24.1 Å². The number of halogens is 1. The third-order valence-corrected chi connectivity index (χ3v) is 3.96. The molecule has 0 saturated heterocycles. The van der Waals surface area contributed by atoms with Crippen LogP contribution >= 0.6 is 0 Å². The van der Waals surface area contributed by atoms with E-state index in [0.717, 1.165) is 5.56 Å². The van der Waals surface area contributed by atoms with Gasteiger partial charge in [-0.3, -0.25) is 4.79 Å². The number of rotatable bonds is 6. The largest absolute Gasteiger partial charge is 0.494 e. The Morgan fingerprint density at radius 1 is 1.20 bits per heavy atom. The van der Waals surface area contributed by atoms with Crippen molar-refractivity contribution in [3.05, 3.63) is 58.4 Å². The van der Waals surface area contributed by atoms with Crippen LogP contribution < -0.4 is 10.1 Å². The van der Waals surface area contributed by atoms with Crippen molar-refractivity contribution < 1.29 is 23.8 Å². The summed E-state index contributed by atoms with van der Waals surface area (Å²) in [6.07, 6.45) is 0.283. The molecule has 2 N–H and O–H groups in total. The van der Waals surface area contributed by atoms with E-state index in [1.165, 1.54) is 19.2 Å². The average molecular weight is 345 g/mol. The molecular formula is C19H20FNO4. The number of aryl methyl sites for hydroxylation is 3. The molecule has 0 heterocycles. The van der Waals surface area contributed by atoms with Gasteiger partial charge in [-0.1, -0.05) is 18.2 Å². The number of hydrogen-bond acceptors (Lipinski definition) is 3. The highest BCUT2D eigenvalue weighted by Crippen LogP contribution is 2.23. The second-order valence-corrected chi connectivity index (χ2v) is 5.77. The fraction of sp³-hybridized carbons (Fsp3) is 0.263. The average Bonchev–Trinajstić information content (AvgIpc) is 2.56. The Morgan fingerprint density at radius 3 is 2.56 bits per heavy atom. The number of amides is 1. The first-order valence-corrected chi connectivity index (χ1v) is 7.79. The molecule has 0 unspecified atom stereocenters. The molecule has 5 nitrogen and oxygen atoms in total. The first-order valence-electron chi connectivity index (χ1n) is 7.79. The molecule has 0 spiro atoms. The summed E-state index contributed by atoms with van der Waals surface area (Å²) in [5, 5.41) is 11.9. The number of methoxy groups -OCH3 is 1. The topological polar surface area (TPSA) is 75.6 Å². The van der Waals surface area contributed by atoms with Crippen molar-refractivity contribution >= 4 is 17.6 Å². The minimum absolute atomic E-state index is 0.0693. The summed E-state index contributed by atoms with van der Waals surface area (Å²) in [7, 11) is 1.38. The molecule has 2 rings (SSSR count). The van der Waals surface area contributed by atoms with Crippen molar-refractivity contribution in [1.29, 1.82) is 0 Å². The van der Waals surface area contributed by atoms with Gasteiger partial charge in [-0.2, -0.15) is 0 Å². The summed E-state index contributed by atoms with van der Waals surface area (Å²) in [5.74, 6) is -1.70. The Bertz CT molecular complexity index is 817. The molecule has 0 saturated carbocycles. The van der Waals surface area contributed by atoms with E-state index in [1.54, 1.807) is 32.0 Å². The van der Waals surface area contributed by atoms with Crippen molar-refractivity contribution in [2.45, 2.75) is 26.7 Å². The molecule has 0 radical (unpaired) electrons. The number of aromatic carboxylic acids is 1. The molecule has 2 aromatic rings. The molecule has 0 aliphatic carbocycles. The SMILES string of the molecule is COc1cccc(CCC(=O)Nc2cc(C(=O)O)c(C)cc2C)c1F. The van der Waals surface area contributed by atoms with Crippen LogP contribution in [0.25, 0.3) is 0 Å². The monoisotopic (exact) mass is 345 g/mol. The molecular weight excluding hydrogens is 325 g/mol. The Kier molecular flexibility index (Phi) is 5.75. The van der Waals surface area contributed by atoms with Gasteiger partial charge in [-0.05, 0) is 49.1 Å². The molecule has 0 aliphatic heterocycles. The molecule has 0 bridgehead atoms. The zero-order valence-corrected chi connectivity index (χ0v) is 14.4. The summed E-state index contributed by atoms with van der Waals surface area (Å²) >= 11 is 0. The number of carbonyl (C=O) groups excluding carboxylic acids is 1. The number of nitrogens with one attached hydrogen (secondary N) is 1. The number of ether oxygens (including phenoxy) is 1. The standard InChI is InChI=1S/C19H20FNO4/c1-11-9-12(2)15(10-14(11)19(23)24)21-17(22)8-7-13-5-4-6-16(25-3)18(13)20/h4-6,9-10H,7-8H2,1-3H3,(H,21,22)(H,23,24). The van der Waals surface area contributed by atoms with Gasteiger partial charge in [0.05, 0.1) is 12.7 Å². The van der Waals surface area contributed by atoms with Gasteiger partial charge in [-0.15, -0.1) is 0 Å². The highest BCUT2D eigenvalue weighted by Gasteiger charge is 2.14. The van der Waals surface area contributed by atoms with E-state index < -0.39 is 11.8 Å². The Labute approximate surface area is 145 Å². The van der Waals surface area contributed by atoms with Crippen LogP contribution in [0.3, 0.4) is 0 Å². The molecule has 2 aromatic carbocycles. The van der Waals surface area contributed by atoms with E-state index in [9.17, 15) is 19.1 Å². The van der Waals surface area contributed by atoms with Crippen molar-refractivity contribution in [2.75, 3.05) is 12.4 Å². The van der Waals surface area contributed by atoms with E-state index in [-0.39, 0.29) is 30.1 Å². The summed E-state index contributed by atoms with van der Waals surface area (Å²) < 4.78 is 19.0. The first-order chi connectivity index (χ1) is 11.8. The molecule has 1 amide bonds. The van der Waals surface area contributed by atoms with Crippen LogP contribution in [0.5, 0.6) is 5.75 Å². The molecule has 0 fully saturated rings. The zero-order valence-electron chi connectivity index (χ0n) is 14.4. The van der Waals surface area contributed by atoms with Gasteiger partial charge < -0.3 is 15.2 Å². The highest BCUT2D eigenvalue weighted by molar-refractivity contribution is 5.95. The molecule has 0 aliphatic rings. The van der Waals surface area contributed by atoms with E-state index in [0.29, 0.717) is 16.8 Å². The maximum absolute atomic E-state index is 14.1. The predicted molar refractivity (Wildman–Crippen MR) is 92.8 cm³/mol. The Balaban J connectivity index is 2.09. The minimum Gasteiger partial charge on any atom is -0.494 e. The van der Waals surface area contributed by atoms with Gasteiger partial charge in [0.15, 0.2) is 11.6 Å². The van der Waals surface area contributed by atoms with Crippen LogP contribution in [-0.2, 0) is 11.2 Å². The van der Waals surface area contributed by atoms with E-state index in [4.69, 9.17) is 4.74 Å². The van der Waals surface area contributed by atoms with Crippen molar-refractivity contribution in [3.63, 3.8) is 0 Å². The maximum Gasteiger partial charge on any atom is 0.336 e.